The fraction of sp³-hybridized carbons (Fsp3) is 0.588. The normalized spacial score (nSPS) is 20.7. The van der Waals surface area contributed by atoms with Crippen LogP contribution in [0.2, 0.25) is 10.0 Å². The lowest BCUT2D eigenvalue weighted by molar-refractivity contribution is -0.138. The highest BCUT2D eigenvalue weighted by molar-refractivity contribution is 7.99. The van der Waals surface area contributed by atoms with Crippen molar-refractivity contribution in [3.8, 4) is 0 Å². The maximum atomic E-state index is 14.0. The van der Waals surface area contributed by atoms with Crippen molar-refractivity contribution >= 4 is 58.2 Å². The van der Waals surface area contributed by atoms with Crippen LogP contribution in [0.25, 0.3) is 0 Å². The van der Waals surface area contributed by atoms with Gasteiger partial charge < -0.3 is 40.2 Å². The molecule has 2 fully saturated rings. The Morgan fingerprint density at radius 2 is 1.62 bits per heavy atom. The number of aryl methyl sites for hydroxylation is 1. The van der Waals surface area contributed by atoms with Crippen molar-refractivity contribution in [3.05, 3.63) is 57.6 Å². The molecule has 2 amide bonds. The Bertz CT molecular complexity index is 1440. The van der Waals surface area contributed by atoms with Crippen LogP contribution >= 0.6 is 35.0 Å². The number of anilines is 2. The molecule has 0 radical (unpaired) electrons. The monoisotopic (exact) mass is 724 g/mol. The summed E-state index contributed by atoms with van der Waals surface area (Å²) in [5.41, 5.74) is 3.86. The standard InChI is InChI=1S/C34H46Cl2N4O7S/c1-37(17-29(42)32(45)33(46)30(43)18-41)31(44)9-5-2-6-21-14-25(36)22(15-24(21)35)16-38-20-48-19-28(38)34(47)40-13-12-39(23-10-11-23)26-7-3-4-8-27(26)40/h3-4,7-8,14-15,23,28-30,32-33,41-43,45-46H,2,5-6,9-13,16-20H2,1H3/t28-,29-,30+,32+,33-/m0/s1. The number of benzene rings is 2. The number of fused-ring (bicyclic) bond motifs is 1. The molecule has 0 unspecified atom stereocenters. The number of carbonyl (C=O) groups excluding carboxylic acids is 2. The number of likely N-dealkylation sites (N-methyl/N-ethyl adjacent to an activating group) is 1. The maximum absolute atomic E-state index is 14.0. The molecule has 1 saturated carbocycles. The third kappa shape index (κ3) is 8.77. The number of hydrogen-bond donors (Lipinski definition) is 5. The van der Waals surface area contributed by atoms with Crippen LogP contribution in [-0.4, -0.2) is 129 Å². The lowest BCUT2D eigenvalue weighted by Crippen LogP contribution is -2.52. The fourth-order valence-electron chi connectivity index (χ4n) is 6.42. The number of unbranched alkanes of at least 4 members (excludes halogenated alkanes) is 1. The van der Waals surface area contributed by atoms with Gasteiger partial charge in [-0.2, -0.15) is 0 Å². The average molecular weight is 726 g/mol. The Morgan fingerprint density at radius 3 is 2.33 bits per heavy atom. The molecule has 11 nitrogen and oxygen atoms in total. The van der Waals surface area contributed by atoms with E-state index in [2.05, 4.69) is 21.9 Å². The van der Waals surface area contributed by atoms with Gasteiger partial charge in [0.15, 0.2) is 0 Å². The van der Waals surface area contributed by atoms with Gasteiger partial charge >= 0.3 is 0 Å². The van der Waals surface area contributed by atoms with Crippen LogP contribution < -0.4 is 9.80 Å². The van der Waals surface area contributed by atoms with Gasteiger partial charge in [-0.1, -0.05) is 35.3 Å². The third-order valence-corrected chi connectivity index (χ3v) is 11.2. The van der Waals surface area contributed by atoms with Crippen LogP contribution in [-0.2, 0) is 22.6 Å². The van der Waals surface area contributed by atoms with E-state index >= 15 is 0 Å². The summed E-state index contributed by atoms with van der Waals surface area (Å²) < 4.78 is 0. The van der Waals surface area contributed by atoms with Crippen molar-refractivity contribution in [2.24, 2.45) is 0 Å². The Hall–Kier alpha value is -2.13. The largest absolute Gasteiger partial charge is 0.394 e. The van der Waals surface area contributed by atoms with Gasteiger partial charge in [-0.15, -0.1) is 11.8 Å². The molecule has 3 aliphatic rings. The molecule has 1 saturated heterocycles. The smallest absolute Gasteiger partial charge is 0.245 e. The molecule has 5 N–H and O–H groups in total. The highest BCUT2D eigenvalue weighted by Crippen LogP contribution is 2.41. The number of amides is 2. The molecule has 2 heterocycles. The summed E-state index contributed by atoms with van der Waals surface area (Å²) in [5, 5.41) is 49.5. The third-order valence-electron chi connectivity index (χ3n) is 9.45. The minimum Gasteiger partial charge on any atom is -0.394 e. The van der Waals surface area contributed by atoms with Crippen molar-refractivity contribution in [1.82, 2.24) is 9.80 Å². The van der Waals surface area contributed by atoms with E-state index < -0.39 is 31.0 Å². The van der Waals surface area contributed by atoms with E-state index in [1.807, 2.05) is 29.2 Å². The Labute approximate surface area is 296 Å². The Kier molecular flexibility index (Phi) is 12.9. The van der Waals surface area contributed by atoms with Crippen LogP contribution in [0.1, 0.15) is 43.2 Å². The SMILES string of the molecule is CN(C[C@H](O)[C@@H](O)[C@@H](O)[C@H](O)CO)C(=O)CCCCc1cc(Cl)c(CN2CSC[C@H]2C(=O)N2CCN(C3CC3)c3ccccc32)cc1Cl. The zero-order valence-corrected chi connectivity index (χ0v) is 29.5. The second kappa shape index (κ2) is 16.7. The van der Waals surface area contributed by atoms with Crippen LogP contribution in [0.5, 0.6) is 0 Å². The molecular formula is C34H46Cl2N4O7S. The molecule has 14 heteroatoms. The summed E-state index contributed by atoms with van der Waals surface area (Å²) in [4.78, 5) is 34.4. The van der Waals surface area contributed by atoms with Gasteiger partial charge in [0.1, 0.15) is 24.4 Å². The average Bonchev–Trinajstić information content (AvgIpc) is 3.83. The minimum atomic E-state index is -1.74. The van der Waals surface area contributed by atoms with Gasteiger partial charge in [-0.3, -0.25) is 14.5 Å². The summed E-state index contributed by atoms with van der Waals surface area (Å²) in [7, 11) is 1.48. The number of nitrogens with zero attached hydrogens (tertiary/aromatic N) is 4. The molecule has 5 atom stereocenters. The summed E-state index contributed by atoms with van der Waals surface area (Å²) in [6.07, 6.45) is -2.13. The number of aliphatic hydroxyl groups excluding tert-OH is 5. The topological polar surface area (TPSA) is 148 Å². The van der Waals surface area contributed by atoms with Gasteiger partial charge in [0, 0.05) is 67.4 Å². The van der Waals surface area contributed by atoms with Gasteiger partial charge in [-0.05, 0) is 67.5 Å². The van der Waals surface area contributed by atoms with Crippen LogP contribution in [0.3, 0.4) is 0 Å². The summed E-state index contributed by atoms with van der Waals surface area (Å²) >= 11 is 15.2. The van der Waals surface area contributed by atoms with E-state index in [-0.39, 0.29) is 30.8 Å². The second-order valence-electron chi connectivity index (χ2n) is 13.0. The highest BCUT2D eigenvalue weighted by atomic mass is 35.5. The van der Waals surface area contributed by atoms with E-state index in [0.29, 0.717) is 48.4 Å². The lowest BCUT2D eigenvalue weighted by atomic mass is 10.0. The van der Waals surface area contributed by atoms with Crippen LogP contribution in [0.15, 0.2) is 36.4 Å². The van der Waals surface area contributed by atoms with E-state index in [0.717, 1.165) is 40.7 Å². The zero-order chi connectivity index (χ0) is 34.5. The van der Waals surface area contributed by atoms with E-state index in [9.17, 15) is 30.0 Å². The molecule has 0 spiro atoms. The molecular weight excluding hydrogens is 679 g/mol. The second-order valence-corrected chi connectivity index (χ2v) is 14.8. The van der Waals surface area contributed by atoms with Gasteiger partial charge in [0.05, 0.1) is 24.0 Å². The summed E-state index contributed by atoms with van der Waals surface area (Å²) in [6, 6.07) is 12.3. The molecule has 0 bridgehead atoms. The predicted octanol–water partition coefficient (Wildman–Crippen LogP) is 2.49. The molecule has 2 aliphatic heterocycles. The Morgan fingerprint density at radius 1 is 0.958 bits per heavy atom. The van der Waals surface area contributed by atoms with Crippen molar-refractivity contribution in [1.29, 1.82) is 0 Å². The first-order chi connectivity index (χ1) is 23.0. The minimum absolute atomic E-state index is 0.116. The fourth-order valence-corrected chi connectivity index (χ4v) is 8.13. The number of thioether (sulfide) groups is 1. The van der Waals surface area contributed by atoms with E-state index in [1.54, 1.807) is 11.8 Å². The van der Waals surface area contributed by atoms with Crippen molar-refractivity contribution in [2.75, 3.05) is 54.7 Å². The van der Waals surface area contributed by atoms with Crippen LogP contribution in [0, 0.1) is 0 Å². The van der Waals surface area contributed by atoms with Crippen molar-refractivity contribution in [2.45, 2.75) is 81.6 Å². The quantitative estimate of drug-likeness (QED) is 0.174. The number of carbonyl (C=O) groups is 2. The molecule has 0 aromatic heterocycles. The number of rotatable bonds is 15. The molecule has 5 rings (SSSR count). The predicted molar refractivity (Wildman–Crippen MR) is 189 cm³/mol. The summed E-state index contributed by atoms with van der Waals surface area (Å²) in [5.74, 6) is 1.30. The number of halogens is 2. The van der Waals surface area contributed by atoms with Crippen LogP contribution in [0.4, 0.5) is 11.4 Å². The van der Waals surface area contributed by atoms with Gasteiger partial charge in [-0.25, -0.2) is 0 Å². The maximum Gasteiger partial charge on any atom is 0.245 e. The number of hydrogen-bond acceptors (Lipinski definition) is 10. The molecule has 2 aromatic carbocycles. The van der Waals surface area contributed by atoms with Gasteiger partial charge in [0.2, 0.25) is 11.8 Å². The highest BCUT2D eigenvalue weighted by Gasteiger charge is 2.40. The van der Waals surface area contributed by atoms with Gasteiger partial charge in [0.25, 0.3) is 0 Å². The number of aliphatic hydroxyl groups is 5. The van der Waals surface area contributed by atoms with E-state index in [4.69, 9.17) is 28.3 Å². The first kappa shape index (κ1) is 37.1. The van der Waals surface area contributed by atoms with Crippen molar-refractivity contribution < 1.29 is 35.1 Å². The number of para-hydroxylation sites is 2. The Balaban J connectivity index is 1.11. The lowest BCUT2D eigenvalue weighted by Gasteiger charge is -2.39. The molecule has 2 aromatic rings. The first-order valence-electron chi connectivity index (χ1n) is 16.5. The van der Waals surface area contributed by atoms with Crippen molar-refractivity contribution in [3.63, 3.8) is 0 Å². The molecule has 1 aliphatic carbocycles. The molecule has 48 heavy (non-hydrogen) atoms. The zero-order valence-electron chi connectivity index (χ0n) is 27.1. The first-order valence-corrected chi connectivity index (χ1v) is 18.4. The van der Waals surface area contributed by atoms with E-state index in [1.165, 1.54) is 24.8 Å². The molecule has 264 valence electrons. The summed E-state index contributed by atoms with van der Waals surface area (Å²) in [6.45, 7) is 1.01.